The average molecular weight is 292 g/mol. The Morgan fingerprint density at radius 1 is 0.950 bits per heavy atom. The maximum atomic E-state index is 11.0. The van der Waals surface area contributed by atoms with Crippen molar-refractivity contribution in [2.45, 2.75) is 83.4 Å². The van der Waals surface area contributed by atoms with Crippen LogP contribution in [0.4, 0.5) is 0 Å². The minimum Gasteiger partial charge on any atom is -0.462 e. The largest absolute Gasteiger partial charge is 0.462 e. The summed E-state index contributed by atoms with van der Waals surface area (Å²) in [5, 5.41) is 38.4. The van der Waals surface area contributed by atoms with Gasteiger partial charge in [0.25, 0.3) is 0 Å². The van der Waals surface area contributed by atoms with Crippen LogP contribution in [-0.4, -0.2) is 56.9 Å². The van der Waals surface area contributed by atoms with E-state index in [0.29, 0.717) is 6.42 Å². The molecule has 0 amide bonds. The van der Waals surface area contributed by atoms with Gasteiger partial charge in [0.2, 0.25) is 0 Å². The minimum absolute atomic E-state index is 0.106. The summed E-state index contributed by atoms with van der Waals surface area (Å²) < 4.78 is 5.03. The molecule has 6 heteroatoms. The minimum atomic E-state index is -0.850. The SMILES string of the molecule is CCC(O)CC(O)CC(O)CC(CC(C)O)OC(C)=O. The number of ether oxygens (including phenoxy) is 1. The zero-order chi connectivity index (χ0) is 15.7. The van der Waals surface area contributed by atoms with Crippen LogP contribution >= 0.6 is 0 Å². The van der Waals surface area contributed by atoms with Crippen molar-refractivity contribution in [3.8, 4) is 0 Å². The highest BCUT2D eigenvalue weighted by molar-refractivity contribution is 5.66. The molecule has 0 aliphatic heterocycles. The second-order valence-corrected chi connectivity index (χ2v) is 5.39. The van der Waals surface area contributed by atoms with Gasteiger partial charge < -0.3 is 25.2 Å². The molecule has 0 aromatic carbocycles. The zero-order valence-electron chi connectivity index (χ0n) is 12.5. The first-order valence-electron chi connectivity index (χ1n) is 7.14. The zero-order valence-corrected chi connectivity index (χ0v) is 12.5. The lowest BCUT2D eigenvalue weighted by atomic mass is 9.98. The van der Waals surface area contributed by atoms with E-state index in [2.05, 4.69) is 0 Å². The van der Waals surface area contributed by atoms with E-state index in [1.165, 1.54) is 6.92 Å². The number of aliphatic hydroxyl groups is 4. The number of hydrogen-bond acceptors (Lipinski definition) is 6. The Kier molecular flexibility index (Phi) is 9.75. The molecule has 120 valence electrons. The van der Waals surface area contributed by atoms with Gasteiger partial charge in [-0.05, 0) is 26.2 Å². The fourth-order valence-corrected chi connectivity index (χ4v) is 2.10. The smallest absolute Gasteiger partial charge is 0.302 e. The first-order chi connectivity index (χ1) is 9.24. The molecule has 0 aromatic rings. The van der Waals surface area contributed by atoms with E-state index in [9.17, 15) is 25.2 Å². The maximum absolute atomic E-state index is 11.0. The third kappa shape index (κ3) is 10.1. The van der Waals surface area contributed by atoms with Crippen molar-refractivity contribution >= 4 is 5.97 Å². The normalized spacial score (nSPS) is 18.9. The Labute approximate surface area is 120 Å². The summed E-state index contributed by atoms with van der Waals surface area (Å²) in [6, 6.07) is 0. The van der Waals surface area contributed by atoms with Crippen molar-refractivity contribution < 1.29 is 30.0 Å². The standard InChI is InChI=1S/C14H28O6/c1-4-11(17)6-12(18)7-13(19)8-14(5-9(2)15)20-10(3)16/h9,11-15,17-19H,4-8H2,1-3H3. The van der Waals surface area contributed by atoms with Gasteiger partial charge in [-0.1, -0.05) is 6.92 Å². The van der Waals surface area contributed by atoms with Crippen LogP contribution in [0.2, 0.25) is 0 Å². The molecule has 6 nitrogen and oxygen atoms in total. The van der Waals surface area contributed by atoms with Gasteiger partial charge in [-0.15, -0.1) is 0 Å². The molecule has 0 heterocycles. The van der Waals surface area contributed by atoms with Crippen LogP contribution in [0.15, 0.2) is 0 Å². The number of carbonyl (C=O) groups excluding carboxylic acids is 1. The van der Waals surface area contributed by atoms with Crippen molar-refractivity contribution in [2.24, 2.45) is 0 Å². The maximum Gasteiger partial charge on any atom is 0.302 e. The van der Waals surface area contributed by atoms with Crippen LogP contribution in [0, 0.1) is 0 Å². The van der Waals surface area contributed by atoms with E-state index in [0.717, 1.165) is 0 Å². The van der Waals surface area contributed by atoms with E-state index in [4.69, 9.17) is 4.74 Å². The first kappa shape index (κ1) is 19.3. The summed E-state index contributed by atoms with van der Waals surface area (Å²) in [6.45, 7) is 4.66. The van der Waals surface area contributed by atoms with E-state index < -0.39 is 36.5 Å². The van der Waals surface area contributed by atoms with Gasteiger partial charge in [0.1, 0.15) is 6.10 Å². The van der Waals surface area contributed by atoms with E-state index >= 15 is 0 Å². The Morgan fingerprint density at radius 2 is 1.45 bits per heavy atom. The van der Waals surface area contributed by atoms with Crippen molar-refractivity contribution in [3.63, 3.8) is 0 Å². The van der Waals surface area contributed by atoms with Crippen molar-refractivity contribution in [1.82, 2.24) is 0 Å². The molecule has 0 rings (SSSR count). The number of esters is 1. The van der Waals surface area contributed by atoms with Crippen molar-refractivity contribution in [1.29, 1.82) is 0 Å². The molecule has 0 aliphatic rings. The lowest BCUT2D eigenvalue weighted by Crippen LogP contribution is -2.29. The van der Waals surface area contributed by atoms with Crippen LogP contribution < -0.4 is 0 Å². The van der Waals surface area contributed by atoms with E-state index in [1.54, 1.807) is 6.92 Å². The monoisotopic (exact) mass is 292 g/mol. The van der Waals surface area contributed by atoms with Crippen LogP contribution in [0.1, 0.15) is 52.9 Å². The quantitative estimate of drug-likeness (QED) is 0.433. The van der Waals surface area contributed by atoms with Gasteiger partial charge in [-0.3, -0.25) is 4.79 Å². The Morgan fingerprint density at radius 3 is 1.90 bits per heavy atom. The van der Waals surface area contributed by atoms with Crippen LogP contribution in [-0.2, 0) is 9.53 Å². The fourth-order valence-electron chi connectivity index (χ4n) is 2.10. The number of rotatable bonds is 10. The Bertz CT molecular complexity index is 268. The molecule has 0 radical (unpaired) electrons. The average Bonchev–Trinajstić information content (AvgIpc) is 2.25. The van der Waals surface area contributed by atoms with Gasteiger partial charge in [-0.2, -0.15) is 0 Å². The molecule has 0 saturated heterocycles. The molecule has 0 aliphatic carbocycles. The van der Waals surface area contributed by atoms with Gasteiger partial charge in [0, 0.05) is 19.8 Å². The highest BCUT2D eigenvalue weighted by Gasteiger charge is 2.22. The first-order valence-corrected chi connectivity index (χ1v) is 7.14. The van der Waals surface area contributed by atoms with E-state index in [-0.39, 0.29) is 25.7 Å². The summed E-state index contributed by atoms with van der Waals surface area (Å²) in [4.78, 5) is 11.0. The number of aliphatic hydroxyl groups excluding tert-OH is 4. The van der Waals surface area contributed by atoms with Gasteiger partial charge in [0.15, 0.2) is 0 Å². The molecule has 0 spiro atoms. The molecular weight excluding hydrogens is 264 g/mol. The summed E-state index contributed by atoms with van der Waals surface area (Å²) >= 11 is 0. The van der Waals surface area contributed by atoms with Gasteiger partial charge >= 0.3 is 5.97 Å². The van der Waals surface area contributed by atoms with Crippen molar-refractivity contribution in [3.05, 3.63) is 0 Å². The number of hydrogen-bond donors (Lipinski definition) is 4. The highest BCUT2D eigenvalue weighted by Crippen LogP contribution is 2.16. The summed E-state index contributed by atoms with van der Waals surface area (Å²) in [5.74, 6) is -0.468. The molecule has 5 atom stereocenters. The second kappa shape index (κ2) is 10.1. The second-order valence-electron chi connectivity index (χ2n) is 5.39. The fraction of sp³-hybridized carbons (Fsp3) is 0.929. The lowest BCUT2D eigenvalue weighted by Gasteiger charge is -2.23. The summed E-state index contributed by atoms with van der Waals surface area (Å²) in [6.07, 6.45) is -2.19. The molecule has 20 heavy (non-hydrogen) atoms. The molecule has 5 unspecified atom stereocenters. The van der Waals surface area contributed by atoms with Crippen LogP contribution in [0.5, 0.6) is 0 Å². The van der Waals surface area contributed by atoms with Gasteiger partial charge in [0.05, 0.1) is 24.4 Å². The van der Waals surface area contributed by atoms with Crippen LogP contribution in [0.25, 0.3) is 0 Å². The third-order valence-electron chi connectivity index (χ3n) is 3.03. The third-order valence-corrected chi connectivity index (χ3v) is 3.03. The molecule has 0 fully saturated rings. The summed E-state index contributed by atoms with van der Waals surface area (Å²) in [7, 11) is 0. The molecule has 0 saturated carbocycles. The summed E-state index contributed by atoms with van der Waals surface area (Å²) in [5.41, 5.74) is 0. The number of carbonyl (C=O) groups is 1. The topological polar surface area (TPSA) is 107 Å². The molecular formula is C14H28O6. The predicted octanol–water partition coefficient (Wildman–Crippen LogP) is 0.352. The molecule has 0 bridgehead atoms. The molecule has 0 aromatic heterocycles. The Balaban J connectivity index is 4.22. The van der Waals surface area contributed by atoms with Crippen molar-refractivity contribution in [2.75, 3.05) is 0 Å². The predicted molar refractivity (Wildman–Crippen MR) is 74.0 cm³/mol. The lowest BCUT2D eigenvalue weighted by molar-refractivity contribution is -0.149. The molecule has 4 N–H and O–H groups in total. The Hall–Kier alpha value is -0.690. The van der Waals surface area contributed by atoms with Gasteiger partial charge in [-0.25, -0.2) is 0 Å². The highest BCUT2D eigenvalue weighted by atomic mass is 16.5. The van der Waals surface area contributed by atoms with Crippen LogP contribution in [0.3, 0.4) is 0 Å². The van der Waals surface area contributed by atoms with E-state index in [1.807, 2.05) is 6.92 Å².